The van der Waals surface area contributed by atoms with Crippen LogP contribution < -0.4 is 5.32 Å². The fourth-order valence-electron chi connectivity index (χ4n) is 11.6. The molecule has 0 radical (unpaired) electrons. The Morgan fingerprint density at radius 3 is 1.14 bits per heavy atom. The van der Waals surface area contributed by atoms with Crippen molar-refractivity contribution in [1.82, 2.24) is 5.32 Å². The number of aliphatic hydroxyl groups excluding tert-OH is 8. The highest BCUT2D eigenvalue weighted by Gasteiger charge is 2.51. The van der Waals surface area contributed by atoms with Gasteiger partial charge in [0.2, 0.25) is 5.91 Å². The minimum absolute atomic E-state index is 0.217. The number of amides is 1. The highest BCUT2D eigenvalue weighted by atomic mass is 16.7. The first kappa shape index (κ1) is 85.5. The van der Waals surface area contributed by atoms with E-state index in [2.05, 4.69) is 141 Å². The second-order valence-electron chi connectivity index (χ2n) is 25.7. The topological polar surface area (TPSA) is 228 Å². The molecule has 14 heteroatoms. The van der Waals surface area contributed by atoms with Gasteiger partial charge in [-0.3, -0.25) is 4.79 Å². The van der Waals surface area contributed by atoms with Crippen molar-refractivity contribution < 1.29 is 64.6 Å². The molecule has 0 spiro atoms. The van der Waals surface area contributed by atoms with Crippen molar-refractivity contribution in [3.8, 4) is 0 Å². The van der Waals surface area contributed by atoms with E-state index in [-0.39, 0.29) is 18.9 Å². The molecule has 2 fully saturated rings. The fraction of sp³-hybridized carbons (Fsp3) is 0.734. The van der Waals surface area contributed by atoms with Gasteiger partial charge >= 0.3 is 0 Å². The zero-order chi connectivity index (χ0) is 67.3. The SMILES string of the molecule is CC/C=C\C/C=C\C/C=C\C/C=C\C/C=C\C/C=C\C/C=C\C/C=C\C/C=C\C/C=C\CCCCCCCCCCC(=O)NC(COC1OC(CO)C(OC2OC(CO)C(O)C(O)C2O)C(O)C1O)C(O)CCCCCCCCCCCCCCCCCCCCCC. The van der Waals surface area contributed by atoms with Crippen molar-refractivity contribution in [2.75, 3.05) is 19.8 Å². The maximum Gasteiger partial charge on any atom is 0.220 e. The number of nitrogens with one attached hydrogen (secondary N) is 1. The number of carbonyl (C=O) groups is 1. The van der Waals surface area contributed by atoms with Gasteiger partial charge in [-0.25, -0.2) is 0 Å². The predicted molar refractivity (Wildman–Crippen MR) is 382 cm³/mol. The zero-order valence-electron chi connectivity index (χ0n) is 58.2. The summed E-state index contributed by atoms with van der Waals surface area (Å²) in [5.74, 6) is -0.217. The Balaban J connectivity index is 1.64. The van der Waals surface area contributed by atoms with Crippen molar-refractivity contribution in [2.45, 2.75) is 351 Å². The maximum atomic E-state index is 13.4. The molecule has 0 aromatic rings. The summed E-state index contributed by atoms with van der Waals surface area (Å²) in [5.41, 5.74) is 0. The van der Waals surface area contributed by atoms with Gasteiger partial charge in [0.25, 0.3) is 0 Å². The molecule has 12 unspecified atom stereocenters. The molecule has 2 aliphatic rings. The minimum Gasteiger partial charge on any atom is -0.394 e. The Bertz CT molecular complexity index is 2030. The first-order chi connectivity index (χ1) is 45.6. The predicted octanol–water partition coefficient (Wildman–Crippen LogP) is 16.1. The van der Waals surface area contributed by atoms with E-state index < -0.39 is 86.8 Å². The molecule has 0 saturated carbocycles. The second-order valence-corrected chi connectivity index (χ2v) is 25.7. The van der Waals surface area contributed by atoms with Gasteiger partial charge in [-0.05, 0) is 89.9 Å². The molecular weight excluding hydrogens is 1170 g/mol. The van der Waals surface area contributed by atoms with Crippen LogP contribution in [0.5, 0.6) is 0 Å². The number of carbonyl (C=O) groups excluding carboxylic acids is 1. The van der Waals surface area contributed by atoms with Crippen molar-refractivity contribution in [3.05, 3.63) is 122 Å². The first-order valence-electron chi connectivity index (χ1n) is 37.3. The molecule has 0 bridgehead atoms. The van der Waals surface area contributed by atoms with Gasteiger partial charge in [0, 0.05) is 6.42 Å². The van der Waals surface area contributed by atoms with Crippen LogP contribution in [0.15, 0.2) is 122 Å². The number of aliphatic hydroxyl groups is 8. The van der Waals surface area contributed by atoms with E-state index in [0.717, 1.165) is 122 Å². The summed E-state index contributed by atoms with van der Waals surface area (Å²) in [6, 6.07) is -0.843. The summed E-state index contributed by atoms with van der Waals surface area (Å²) in [5, 5.41) is 87.7. The Labute approximate surface area is 565 Å². The van der Waals surface area contributed by atoms with E-state index >= 15 is 0 Å². The highest BCUT2D eigenvalue weighted by Crippen LogP contribution is 2.30. The number of hydrogen-bond donors (Lipinski definition) is 9. The number of hydrogen-bond acceptors (Lipinski definition) is 13. The zero-order valence-corrected chi connectivity index (χ0v) is 58.2. The largest absolute Gasteiger partial charge is 0.394 e. The maximum absolute atomic E-state index is 13.4. The molecule has 93 heavy (non-hydrogen) atoms. The van der Waals surface area contributed by atoms with Crippen LogP contribution in [0.4, 0.5) is 0 Å². The van der Waals surface area contributed by atoms with Crippen LogP contribution in [-0.4, -0.2) is 140 Å². The molecule has 2 aliphatic heterocycles. The summed E-state index contributed by atoms with van der Waals surface area (Å²) in [6.45, 7) is 2.76. The van der Waals surface area contributed by atoms with Crippen LogP contribution in [0.3, 0.4) is 0 Å². The molecular formula is C79H135NO13. The van der Waals surface area contributed by atoms with Crippen LogP contribution in [-0.2, 0) is 23.7 Å². The third-order valence-corrected chi connectivity index (χ3v) is 17.4. The van der Waals surface area contributed by atoms with Crippen LogP contribution in [0, 0.1) is 0 Å². The Hall–Kier alpha value is -3.61. The van der Waals surface area contributed by atoms with Crippen molar-refractivity contribution in [1.29, 1.82) is 0 Å². The monoisotopic (exact) mass is 1310 g/mol. The Morgan fingerprint density at radius 1 is 0.398 bits per heavy atom. The third kappa shape index (κ3) is 45.5. The van der Waals surface area contributed by atoms with Crippen molar-refractivity contribution in [2.24, 2.45) is 0 Å². The van der Waals surface area contributed by atoms with E-state index in [0.29, 0.717) is 12.8 Å². The quantitative estimate of drug-likeness (QED) is 0.0204. The normalized spacial score (nSPS) is 23.3. The molecule has 534 valence electrons. The van der Waals surface area contributed by atoms with E-state index in [1.54, 1.807) is 0 Å². The Morgan fingerprint density at radius 2 is 0.742 bits per heavy atom. The smallest absolute Gasteiger partial charge is 0.220 e. The summed E-state index contributed by atoms with van der Waals surface area (Å²) in [4.78, 5) is 13.4. The molecule has 0 aliphatic carbocycles. The highest BCUT2D eigenvalue weighted by molar-refractivity contribution is 5.76. The molecule has 9 N–H and O–H groups in total. The number of rotatable bonds is 60. The lowest BCUT2D eigenvalue weighted by atomic mass is 9.97. The van der Waals surface area contributed by atoms with Gasteiger partial charge in [-0.2, -0.15) is 0 Å². The van der Waals surface area contributed by atoms with Gasteiger partial charge in [0.05, 0.1) is 32.0 Å². The first-order valence-corrected chi connectivity index (χ1v) is 37.3. The lowest BCUT2D eigenvalue weighted by Gasteiger charge is -2.46. The Kier molecular flexibility index (Phi) is 56.9. The standard InChI is InChI=1S/C79H135NO13/c1-3-5-7-9-11-13-15-17-19-21-23-25-26-27-28-29-30-31-32-33-34-35-36-37-38-39-40-41-42-43-45-47-49-51-53-55-57-59-61-63-71(84)80-67(68(83)62-60-58-56-54-52-50-48-46-44-24-22-20-18-16-14-12-10-8-6-4-2)66-90-78-76(89)74(87)77(70(65-82)92-78)93-79-75(88)73(86)72(85)69(64-81)91-79/h5,7,11,13,17,19,23,25,27-28,30-31,33-34,36-37,39-40,42-43,67-70,72-79,81-83,85-89H,3-4,6,8-10,12,14-16,18,20-22,24,26,29,32,35,38,41,44-66H2,1-2H3,(H,80,84)/b7-5-,13-11-,19-17-,25-23-,28-27-,31-30-,34-33-,37-36-,40-39-,43-42-. The third-order valence-electron chi connectivity index (χ3n) is 17.4. The summed E-state index contributed by atoms with van der Waals surface area (Å²) in [7, 11) is 0. The molecule has 12 atom stereocenters. The fourth-order valence-corrected chi connectivity index (χ4v) is 11.6. The lowest BCUT2D eigenvalue weighted by Crippen LogP contribution is -2.65. The van der Waals surface area contributed by atoms with Crippen LogP contribution in [0.2, 0.25) is 0 Å². The average Bonchev–Trinajstić information content (AvgIpc) is 0.854. The summed E-state index contributed by atoms with van der Waals surface area (Å²) >= 11 is 0. The minimum atomic E-state index is -1.79. The van der Waals surface area contributed by atoms with Gasteiger partial charge in [0.1, 0.15) is 48.8 Å². The van der Waals surface area contributed by atoms with Gasteiger partial charge in [-0.1, -0.05) is 302 Å². The molecule has 14 nitrogen and oxygen atoms in total. The van der Waals surface area contributed by atoms with Crippen molar-refractivity contribution >= 4 is 5.91 Å². The van der Waals surface area contributed by atoms with Crippen LogP contribution >= 0.6 is 0 Å². The number of ether oxygens (including phenoxy) is 4. The second kappa shape index (κ2) is 61.9. The van der Waals surface area contributed by atoms with E-state index in [4.69, 9.17) is 18.9 Å². The molecule has 0 aromatic heterocycles. The lowest BCUT2D eigenvalue weighted by molar-refractivity contribution is -0.359. The van der Waals surface area contributed by atoms with Gasteiger partial charge < -0.3 is 65.1 Å². The van der Waals surface area contributed by atoms with Crippen LogP contribution in [0.25, 0.3) is 0 Å². The van der Waals surface area contributed by atoms with Gasteiger partial charge in [-0.15, -0.1) is 0 Å². The molecule has 2 heterocycles. The number of unbranched alkanes of at least 4 members (excludes halogenated alkanes) is 27. The summed E-state index contributed by atoms with van der Waals surface area (Å²) in [6.07, 6.45) is 73.5. The average molecular weight is 1310 g/mol. The number of allylic oxidation sites excluding steroid dienone is 20. The molecule has 1 amide bonds. The van der Waals surface area contributed by atoms with Crippen LogP contribution in [0.1, 0.15) is 277 Å². The van der Waals surface area contributed by atoms with Crippen molar-refractivity contribution in [3.63, 3.8) is 0 Å². The summed E-state index contributed by atoms with van der Waals surface area (Å²) < 4.78 is 22.9. The molecule has 2 saturated heterocycles. The van der Waals surface area contributed by atoms with E-state index in [9.17, 15) is 45.6 Å². The molecule has 2 rings (SSSR count). The van der Waals surface area contributed by atoms with Gasteiger partial charge in [0.15, 0.2) is 12.6 Å². The molecule has 0 aromatic carbocycles. The van der Waals surface area contributed by atoms with E-state index in [1.165, 1.54) is 122 Å². The van der Waals surface area contributed by atoms with E-state index in [1.807, 2.05) is 0 Å².